The summed E-state index contributed by atoms with van der Waals surface area (Å²) in [4.78, 5) is 0. The minimum Gasteiger partial charge on any atom is -0.456 e. The number of hydrogen-bond acceptors (Lipinski definition) is 9. The lowest BCUT2D eigenvalue weighted by Gasteiger charge is -2.46. The molecule has 0 aliphatic carbocycles. The highest BCUT2D eigenvalue weighted by molar-refractivity contribution is 6.93. The minimum atomic E-state index is -2.89. The molecule has 3 unspecified atom stereocenters. The lowest BCUT2D eigenvalue weighted by atomic mass is 10.2. The van der Waals surface area contributed by atoms with Crippen molar-refractivity contribution in [1.29, 1.82) is 0 Å². The standard InChI is InChI=1S/C34H86O9Si9/c1-19-24-25-26-30-50(17,41-48(14,15)34-44(35)23-5)43-51(18,31-27-29-47(12,13)39-45(6,7)8)42-49(16,40-46(9,10)11)32-28-33-52(36-20-2,37-21-3)38-22-4/h19-34H2,1-18H3. The molecule has 18 heteroatoms. The van der Waals surface area contributed by atoms with Crippen molar-refractivity contribution in [2.24, 2.45) is 0 Å². The molecule has 9 nitrogen and oxygen atoms in total. The Balaban J connectivity index is 6.88. The second-order valence-electron chi connectivity index (χ2n) is 18.2. The number of rotatable bonds is 32. The first-order valence-corrected chi connectivity index (χ1v) is 45.0. The molecule has 0 fully saturated rings. The molecular weight excluding hydrogens is 805 g/mol. The summed E-state index contributed by atoms with van der Waals surface area (Å²) in [5, 5.41) is 0. The van der Waals surface area contributed by atoms with Crippen LogP contribution < -0.4 is 0 Å². The van der Waals surface area contributed by atoms with Gasteiger partial charge in [-0.15, -0.1) is 0 Å². The molecule has 0 radical (unpaired) electrons. The Bertz CT molecular complexity index is 997. The first kappa shape index (κ1) is 53.4. The third-order valence-corrected chi connectivity index (χ3v) is 42.5. The molecule has 0 N–H and O–H groups in total. The van der Waals surface area contributed by atoms with Gasteiger partial charge in [0.05, 0.1) is 0 Å². The van der Waals surface area contributed by atoms with Crippen LogP contribution in [0.25, 0.3) is 0 Å². The van der Waals surface area contributed by atoms with E-state index < -0.39 is 76.4 Å². The lowest BCUT2D eigenvalue weighted by Crippen LogP contribution is -2.61. The lowest BCUT2D eigenvalue weighted by molar-refractivity contribution is 0.0710. The van der Waals surface area contributed by atoms with E-state index in [4.69, 9.17) is 33.9 Å². The van der Waals surface area contributed by atoms with Gasteiger partial charge in [0, 0.05) is 31.5 Å². The van der Waals surface area contributed by atoms with Crippen LogP contribution in [0, 0.1) is 0 Å². The van der Waals surface area contributed by atoms with Crippen molar-refractivity contribution in [3.63, 3.8) is 0 Å². The molecule has 0 amide bonds. The van der Waals surface area contributed by atoms with Crippen molar-refractivity contribution < 1.29 is 38.3 Å². The van der Waals surface area contributed by atoms with Crippen LogP contribution in [0.3, 0.4) is 0 Å². The summed E-state index contributed by atoms with van der Waals surface area (Å²) in [5.74, 6) is 0. The Morgan fingerprint density at radius 1 is 0.423 bits per heavy atom. The molecule has 0 saturated heterocycles. The van der Waals surface area contributed by atoms with E-state index in [1.165, 1.54) is 19.3 Å². The summed E-state index contributed by atoms with van der Waals surface area (Å²) in [6.45, 7) is 41.8. The van der Waals surface area contributed by atoms with Crippen LogP contribution in [0.2, 0.25) is 127 Å². The number of unbranched alkanes of at least 4 members (excludes halogenated alkanes) is 3. The molecule has 0 aromatic heterocycles. The first-order chi connectivity index (χ1) is 23.6. The number of hydrogen-bond donors (Lipinski definition) is 0. The first-order valence-electron chi connectivity index (χ1n) is 20.6. The molecule has 0 aromatic carbocycles. The van der Waals surface area contributed by atoms with Gasteiger partial charge < -0.3 is 38.3 Å². The molecule has 0 spiro atoms. The topological polar surface area (TPSA) is 90.9 Å². The van der Waals surface area contributed by atoms with Crippen LogP contribution in [-0.2, 0) is 38.3 Å². The summed E-state index contributed by atoms with van der Waals surface area (Å²) >= 11 is 0. The average molecular weight is 892 g/mol. The SMILES string of the molecule is CCCCCC[Si](C)(O[Si](C)(C)C[Si](=O)CC)O[Si](C)(CCC[Si](C)(C)O[Si](C)(C)C)O[Si](C)(CCC[Si](OCC)(OCC)OCC)O[Si](C)(C)C. The van der Waals surface area contributed by atoms with Gasteiger partial charge in [-0.05, 0) is 143 Å². The van der Waals surface area contributed by atoms with E-state index in [2.05, 4.69) is 92.0 Å². The zero-order valence-corrected chi connectivity index (χ0v) is 46.5. The van der Waals surface area contributed by atoms with Gasteiger partial charge in [0.1, 0.15) is 0 Å². The Morgan fingerprint density at radius 2 is 0.846 bits per heavy atom. The van der Waals surface area contributed by atoms with E-state index in [1.807, 2.05) is 27.7 Å². The van der Waals surface area contributed by atoms with Crippen LogP contribution >= 0.6 is 0 Å². The van der Waals surface area contributed by atoms with E-state index in [0.717, 1.165) is 55.5 Å². The fourth-order valence-electron chi connectivity index (χ4n) is 7.37. The van der Waals surface area contributed by atoms with E-state index in [1.54, 1.807) is 0 Å². The van der Waals surface area contributed by atoms with Crippen molar-refractivity contribution in [2.75, 3.05) is 19.8 Å². The Morgan fingerprint density at radius 3 is 1.27 bits per heavy atom. The van der Waals surface area contributed by atoms with Crippen LogP contribution in [0.15, 0.2) is 0 Å². The van der Waals surface area contributed by atoms with Crippen LogP contribution in [0.4, 0.5) is 0 Å². The monoisotopic (exact) mass is 890 g/mol. The van der Waals surface area contributed by atoms with Gasteiger partial charge in [-0.1, -0.05) is 46.0 Å². The molecule has 0 rings (SSSR count). The highest BCUT2D eigenvalue weighted by Gasteiger charge is 2.51. The Hall–Kier alpha value is 1.43. The summed E-state index contributed by atoms with van der Waals surface area (Å²) in [6, 6.07) is 5.16. The van der Waals surface area contributed by atoms with Crippen molar-refractivity contribution in [2.45, 2.75) is 200 Å². The van der Waals surface area contributed by atoms with Gasteiger partial charge in [-0.2, -0.15) is 0 Å². The zero-order chi connectivity index (χ0) is 40.5. The van der Waals surface area contributed by atoms with Crippen molar-refractivity contribution in [1.82, 2.24) is 0 Å². The summed E-state index contributed by atoms with van der Waals surface area (Å²) in [5.41, 5.74) is 0.707. The highest BCUT2D eigenvalue weighted by atomic mass is 28.5. The fraction of sp³-hybridized carbons (Fsp3) is 1.00. The van der Waals surface area contributed by atoms with Gasteiger partial charge in [0.25, 0.3) is 8.68 Å². The van der Waals surface area contributed by atoms with Gasteiger partial charge in [0.2, 0.25) is 0 Å². The summed E-state index contributed by atoms with van der Waals surface area (Å²) < 4.78 is 68.1. The van der Waals surface area contributed by atoms with Gasteiger partial charge in [0.15, 0.2) is 33.3 Å². The molecular formula is C34H86O9Si9. The maximum atomic E-state index is 12.9. The quantitative estimate of drug-likeness (QED) is 0.0484. The predicted octanol–water partition coefficient (Wildman–Crippen LogP) is 11.8. The normalized spacial score (nSPS) is 17.1. The summed E-state index contributed by atoms with van der Waals surface area (Å²) in [6.07, 6.45) is 6.50. The molecule has 0 aromatic rings. The third kappa shape index (κ3) is 24.3. The second kappa shape index (κ2) is 23.7. The molecule has 0 aliphatic heterocycles. The molecule has 0 bridgehead atoms. The molecule has 0 saturated carbocycles. The maximum absolute atomic E-state index is 12.9. The van der Waals surface area contributed by atoms with Crippen molar-refractivity contribution >= 4 is 76.4 Å². The third-order valence-electron chi connectivity index (χ3n) is 8.58. The highest BCUT2D eigenvalue weighted by Crippen LogP contribution is 2.36. The predicted molar refractivity (Wildman–Crippen MR) is 242 cm³/mol. The van der Waals surface area contributed by atoms with Gasteiger partial charge >= 0.3 is 34.5 Å². The molecule has 3 atom stereocenters. The van der Waals surface area contributed by atoms with E-state index in [-0.39, 0.29) is 0 Å². The Kier molecular flexibility index (Phi) is 24.4. The Labute approximate surface area is 333 Å². The average Bonchev–Trinajstić information content (AvgIpc) is 2.92. The maximum Gasteiger partial charge on any atom is 0.500 e. The van der Waals surface area contributed by atoms with E-state index >= 15 is 0 Å². The van der Waals surface area contributed by atoms with Crippen LogP contribution in [0.5, 0.6) is 0 Å². The van der Waals surface area contributed by atoms with Crippen LogP contribution in [-0.4, -0.2) is 96.3 Å². The van der Waals surface area contributed by atoms with Gasteiger partial charge in [-0.25, -0.2) is 0 Å². The smallest absolute Gasteiger partial charge is 0.456 e. The minimum absolute atomic E-state index is 0.566. The zero-order valence-electron chi connectivity index (χ0n) is 37.5. The van der Waals surface area contributed by atoms with Crippen molar-refractivity contribution in [3.05, 3.63) is 0 Å². The molecule has 312 valence electrons. The molecule has 0 aliphatic rings. The molecule has 0 heterocycles. The van der Waals surface area contributed by atoms with E-state index in [0.29, 0.717) is 25.5 Å². The van der Waals surface area contributed by atoms with E-state index in [9.17, 15) is 4.46 Å². The largest absolute Gasteiger partial charge is 0.500 e. The fourth-order valence-corrected chi connectivity index (χ4v) is 48.3. The molecule has 52 heavy (non-hydrogen) atoms. The van der Waals surface area contributed by atoms with Gasteiger partial charge in [-0.3, -0.25) is 0 Å². The van der Waals surface area contributed by atoms with Crippen molar-refractivity contribution in [3.8, 4) is 0 Å². The second-order valence-corrected chi connectivity index (χ2v) is 52.5. The summed E-state index contributed by atoms with van der Waals surface area (Å²) in [7, 11) is -20.7. The van der Waals surface area contributed by atoms with Crippen LogP contribution in [0.1, 0.15) is 73.1 Å².